The molecule has 0 fully saturated rings. The Morgan fingerprint density at radius 2 is 1.84 bits per heavy atom. The standard InChI is InChI=1S/C12H11Cl3N2O2/c1-3-19-11-6(2)12(18)17(16-11)10-8(14)4-7(13)5-9(10)15/h4-5,18H,3H2,1-2H3. The largest absolute Gasteiger partial charge is 0.493 e. The molecule has 0 saturated heterocycles. The van der Waals surface area contributed by atoms with Crippen LogP contribution in [0, 0.1) is 6.92 Å². The molecule has 2 rings (SSSR count). The number of nitrogens with zero attached hydrogens (tertiary/aromatic N) is 2. The van der Waals surface area contributed by atoms with Gasteiger partial charge in [-0.2, -0.15) is 4.68 Å². The van der Waals surface area contributed by atoms with Gasteiger partial charge in [0.25, 0.3) is 0 Å². The van der Waals surface area contributed by atoms with Crippen molar-refractivity contribution in [1.29, 1.82) is 0 Å². The van der Waals surface area contributed by atoms with Crippen molar-refractivity contribution in [1.82, 2.24) is 9.78 Å². The SMILES string of the molecule is CCOc1nn(-c2c(Cl)cc(Cl)cc2Cl)c(O)c1C. The van der Waals surface area contributed by atoms with Crippen LogP contribution in [-0.2, 0) is 0 Å². The zero-order chi connectivity index (χ0) is 14.2. The van der Waals surface area contributed by atoms with E-state index in [2.05, 4.69) is 5.10 Å². The molecule has 2 aromatic rings. The molecule has 0 aliphatic heterocycles. The van der Waals surface area contributed by atoms with E-state index in [1.807, 2.05) is 6.92 Å². The third-order valence-electron chi connectivity index (χ3n) is 2.52. The van der Waals surface area contributed by atoms with Gasteiger partial charge in [0.1, 0.15) is 5.69 Å². The fourth-order valence-electron chi connectivity index (χ4n) is 1.63. The summed E-state index contributed by atoms with van der Waals surface area (Å²) in [5.74, 6) is 0.261. The van der Waals surface area contributed by atoms with E-state index in [1.165, 1.54) is 16.8 Å². The molecule has 1 heterocycles. The second-order valence-electron chi connectivity index (χ2n) is 3.82. The molecule has 0 spiro atoms. The van der Waals surface area contributed by atoms with Crippen molar-refractivity contribution in [2.75, 3.05) is 6.61 Å². The van der Waals surface area contributed by atoms with Crippen molar-refractivity contribution in [3.05, 3.63) is 32.8 Å². The van der Waals surface area contributed by atoms with Crippen LogP contribution in [0.15, 0.2) is 12.1 Å². The van der Waals surface area contributed by atoms with E-state index < -0.39 is 0 Å². The Balaban J connectivity index is 2.63. The molecule has 0 saturated carbocycles. The summed E-state index contributed by atoms with van der Waals surface area (Å²) < 4.78 is 6.56. The highest BCUT2D eigenvalue weighted by Gasteiger charge is 2.20. The van der Waals surface area contributed by atoms with E-state index >= 15 is 0 Å². The topological polar surface area (TPSA) is 47.3 Å². The van der Waals surface area contributed by atoms with Gasteiger partial charge in [-0.3, -0.25) is 0 Å². The van der Waals surface area contributed by atoms with Crippen molar-refractivity contribution in [3.63, 3.8) is 0 Å². The maximum Gasteiger partial charge on any atom is 0.240 e. The third kappa shape index (κ3) is 2.61. The molecule has 0 unspecified atom stereocenters. The van der Waals surface area contributed by atoms with E-state index in [-0.39, 0.29) is 5.88 Å². The van der Waals surface area contributed by atoms with Crippen molar-refractivity contribution in [2.45, 2.75) is 13.8 Å². The van der Waals surface area contributed by atoms with Gasteiger partial charge in [0.05, 0.1) is 22.2 Å². The minimum atomic E-state index is -0.0745. The second-order valence-corrected chi connectivity index (χ2v) is 5.07. The Kier molecular flexibility index (Phi) is 4.13. The fraction of sp³-hybridized carbons (Fsp3) is 0.250. The van der Waals surface area contributed by atoms with E-state index in [1.54, 1.807) is 6.92 Å². The Labute approximate surface area is 125 Å². The average molecular weight is 322 g/mol. The summed E-state index contributed by atoms with van der Waals surface area (Å²) in [6.07, 6.45) is 0. The first-order valence-corrected chi connectivity index (χ1v) is 6.65. The first-order chi connectivity index (χ1) is 8.95. The first kappa shape index (κ1) is 14.3. The lowest BCUT2D eigenvalue weighted by Crippen LogP contribution is -1.99. The number of aromatic hydroxyl groups is 1. The van der Waals surface area contributed by atoms with Crippen LogP contribution < -0.4 is 4.74 Å². The highest BCUT2D eigenvalue weighted by Crippen LogP contribution is 2.37. The molecule has 1 N–H and O–H groups in total. The lowest BCUT2D eigenvalue weighted by Gasteiger charge is -2.08. The van der Waals surface area contributed by atoms with Crippen LogP contribution in [0.25, 0.3) is 5.69 Å². The Hall–Kier alpha value is -1.10. The van der Waals surface area contributed by atoms with E-state index in [0.29, 0.717) is 38.8 Å². The summed E-state index contributed by atoms with van der Waals surface area (Å²) in [5, 5.41) is 15.2. The van der Waals surface area contributed by atoms with Gasteiger partial charge in [0.15, 0.2) is 0 Å². The van der Waals surface area contributed by atoms with Crippen molar-refractivity contribution >= 4 is 34.8 Å². The molecule has 0 atom stereocenters. The minimum absolute atomic E-state index is 0.0745. The summed E-state index contributed by atoms with van der Waals surface area (Å²) >= 11 is 18.0. The Bertz CT molecular complexity index is 603. The molecule has 0 bridgehead atoms. The van der Waals surface area contributed by atoms with Gasteiger partial charge in [0, 0.05) is 5.02 Å². The molecule has 0 aliphatic rings. The molecular formula is C12H11Cl3N2O2. The highest BCUT2D eigenvalue weighted by atomic mass is 35.5. The van der Waals surface area contributed by atoms with Gasteiger partial charge >= 0.3 is 0 Å². The lowest BCUT2D eigenvalue weighted by molar-refractivity contribution is 0.322. The number of aromatic nitrogens is 2. The number of benzene rings is 1. The third-order valence-corrected chi connectivity index (χ3v) is 3.32. The summed E-state index contributed by atoms with van der Waals surface area (Å²) in [7, 11) is 0. The maximum absolute atomic E-state index is 10.1. The quantitative estimate of drug-likeness (QED) is 0.919. The zero-order valence-corrected chi connectivity index (χ0v) is 12.5. The van der Waals surface area contributed by atoms with Crippen LogP contribution in [0.4, 0.5) is 0 Å². The predicted molar refractivity (Wildman–Crippen MR) is 76.2 cm³/mol. The molecule has 0 radical (unpaired) electrons. The van der Waals surface area contributed by atoms with Crippen LogP contribution in [0.2, 0.25) is 15.1 Å². The van der Waals surface area contributed by atoms with Crippen LogP contribution in [0.3, 0.4) is 0 Å². The van der Waals surface area contributed by atoms with E-state index in [0.717, 1.165) is 0 Å². The number of hydrogen-bond acceptors (Lipinski definition) is 3. The molecule has 1 aromatic heterocycles. The van der Waals surface area contributed by atoms with Gasteiger partial charge in [-0.15, -0.1) is 5.10 Å². The molecule has 19 heavy (non-hydrogen) atoms. The second kappa shape index (κ2) is 5.49. The zero-order valence-electron chi connectivity index (χ0n) is 10.2. The molecule has 4 nitrogen and oxygen atoms in total. The van der Waals surface area contributed by atoms with Gasteiger partial charge in [-0.25, -0.2) is 0 Å². The van der Waals surface area contributed by atoms with Crippen LogP contribution >= 0.6 is 34.8 Å². The van der Waals surface area contributed by atoms with Crippen molar-refractivity contribution in [3.8, 4) is 17.4 Å². The summed E-state index contributed by atoms with van der Waals surface area (Å²) in [6, 6.07) is 3.06. The van der Waals surface area contributed by atoms with Gasteiger partial charge < -0.3 is 9.84 Å². The van der Waals surface area contributed by atoms with Crippen molar-refractivity contribution < 1.29 is 9.84 Å². The monoisotopic (exact) mass is 320 g/mol. The number of halogens is 3. The van der Waals surface area contributed by atoms with Gasteiger partial charge in [-0.05, 0) is 26.0 Å². The summed E-state index contributed by atoms with van der Waals surface area (Å²) in [5.41, 5.74) is 0.878. The van der Waals surface area contributed by atoms with Gasteiger partial charge in [0.2, 0.25) is 11.8 Å². The number of ether oxygens (including phenoxy) is 1. The fourth-order valence-corrected chi connectivity index (χ4v) is 2.61. The summed E-state index contributed by atoms with van der Waals surface area (Å²) in [4.78, 5) is 0. The number of rotatable bonds is 3. The predicted octanol–water partition coefficient (Wildman–Crippen LogP) is 4.25. The van der Waals surface area contributed by atoms with Gasteiger partial charge in [-0.1, -0.05) is 34.8 Å². The smallest absolute Gasteiger partial charge is 0.240 e. The number of hydrogen-bond donors (Lipinski definition) is 1. The molecular weight excluding hydrogens is 311 g/mol. The Morgan fingerprint density at radius 1 is 1.26 bits per heavy atom. The van der Waals surface area contributed by atoms with Crippen LogP contribution in [-0.4, -0.2) is 21.5 Å². The van der Waals surface area contributed by atoms with Crippen molar-refractivity contribution in [2.24, 2.45) is 0 Å². The van der Waals surface area contributed by atoms with Crippen LogP contribution in [0.5, 0.6) is 11.8 Å². The van der Waals surface area contributed by atoms with Crippen LogP contribution in [0.1, 0.15) is 12.5 Å². The summed E-state index contributed by atoms with van der Waals surface area (Å²) in [6.45, 7) is 3.97. The molecule has 0 amide bonds. The van der Waals surface area contributed by atoms with E-state index in [9.17, 15) is 5.11 Å². The Morgan fingerprint density at radius 3 is 2.37 bits per heavy atom. The lowest BCUT2D eigenvalue weighted by atomic mass is 10.3. The maximum atomic E-state index is 10.1. The highest BCUT2D eigenvalue weighted by molar-refractivity contribution is 6.40. The first-order valence-electron chi connectivity index (χ1n) is 5.52. The molecule has 102 valence electrons. The van der Waals surface area contributed by atoms with E-state index in [4.69, 9.17) is 39.5 Å². The molecule has 7 heteroatoms. The molecule has 0 aliphatic carbocycles. The normalized spacial score (nSPS) is 10.8. The minimum Gasteiger partial charge on any atom is -0.493 e. The average Bonchev–Trinajstić information content (AvgIpc) is 2.57. The molecule has 1 aromatic carbocycles.